The number of H-pyrrole nitrogens is 1. The summed E-state index contributed by atoms with van der Waals surface area (Å²) in [5, 5.41) is 4.10. The molecule has 0 saturated heterocycles. The van der Waals surface area contributed by atoms with E-state index in [4.69, 9.17) is 4.74 Å². The highest BCUT2D eigenvalue weighted by molar-refractivity contribution is 7.85. The molecule has 156 valence electrons. The summed E-state index contributed by atoms with van der Waals surface area (Å²) < 4.78 is 47.2. The van der Waals surface area contributed by atoms with E-state index in [1.807, 2.05) is 0 Å². The van der Waals surface area contributed by atoms with Gasteiger partial charge < -0.3 is 9.72 Å². The first-order chi connectivity index (χ1) is 13.6. The quantitative estimate of drug-likeness (QED) is 0.588. The van der Waals surface area contributed by atoms with Crippen LogP contribution in [0.1, 0.15) is 12.5 Å². The van der Waals surface area contributed by atoms with Gasteiger partial charge in [0.15, 0.2) is 0 Å². The summed E-state index contributed by atoms with van der Waals surface area (Å²) in [4.78, 5) is 29.5. The molecule has 2 aromatic heterocycles. The number of aromatic amines is 1. The van der Waals surface area contributed by atoms with Crippen molar-refractivity contribution >= 4 is 21.9 Å². The second-order valence-electron chi connectivity index (χ2n) is 6.38. The number of hydrogen-bond acceptors (Lipinski definition) is 5. The molecule has 0 radical (unpaired) electrons. The van der Waals surface area contributed by atoms with Gasteiger partial charge >= 0.3 is 5.69 Å². The lowest BCUT2D eigenvalue weighted by atomic mass is 9.97. The Kier molecular flexibility index (Phi) is 5.66. The second-order valence-corrected chi connectivity index (χ2v) is 7.47. The highest BCUT2D eigenvalue weighted by atomic mass is 32.2. The van der Waals surface area contributed by atoms with Gasteiger partial charge in [-0.05, 0) is 18.2 Å². The molecule has 0 saturated carbocycles. The van der Waals surface area contributed by atoms with E-state index in [-0.39, 0.29) is 22.0 Å². The zero-order valence-electron chi connectivity index (χ0n) is 15.9. The van der Waals surface area contributed by atoms with Crippen LogP contribution in [0.15, 0.2) is 34.0 Å². The summed E-state index contributed by atoms with van der Waals surface area (Å²) >= 11 is 0. The van der Waals surface area contributed by atoms with Crippen LogP contribution >= 0.6 is 0 Å². The van der Waals surface area contributed by atoms with Crippen molar-refractivity contribution in [2.45, 2.75) is 19.4 Å². The molecule has 1 atom stereocenters. The van der Waals surface area contributed by atoms with Gasteiger partial charge in [-0.2, -0.15) is 9.77 Å². The topological polar surface area (TPSA) is 111 Å². The number of nitrogens with zero attached hydrogens (tertiary/aromatic N) is 3. The Morgan fingerprint density at radius 1 is 1.34 bits per heavy atom. The first-order valence-electron chi connectivity index (χ1n) is 8.46. The molecule has 0 fully saturated rings. The van der Waals surface area contributed by atoms with Crippen LogP contribution in [0.2, 0.25) is 0 Å². The van der Waals surface area contributed by atoms with Crippen molar-refractivity contribution in [2.75, 3.05) is 24.8 Å². The fraction of sp³-hybridized carbons (Fsp3) is 0.353. The van der Waals surface area contributed by atoms with Crippen LogP contribution in [0, 0.1) is 0 Å². The Morgan fingerprint density at radius 3 is 2.69 bits per heavy atom. The fourth-order valence-electron chi connectivity index (χ4n) is 2.97. The largest absolute Gasteiger partial charge is 0.383 e. The van der Waals surface area contributed by atoms with Crippen molar-refractivity contribution in [3.63, 3.8) is 0 Å². The predicted molar refractivity (Wildman–Crippen MR) is 105 cm³/mol. The van der Waals surface area contributed by atoms with E-state index in [2.05, 4.69) is 14.9 Å². The van der Waals surface area contributed by atoms with Gasteiger partial charge in [0.25, 0.3) is 11.5 Å². The maximum atomic E-state index is 14.4. The molecule has 0 aliphatic heterocycles. The monoisotopic (exact) mass is 427 g/mol. The number of benzene rings is 1. The summed E-state index contributed by atoms with van der Waals surface area (Å²) in [7, 11) is -0.188. The smallest absolute Gasteiger partial charge is 0.348 e. The van der Waals surface area contributed by atoms with E-state index in [9.17, 15) is 22.6 Å². The van der Waals surface area contributed by atoms with Crippen molar-refractivity contribution in [1.29, 1.82) is 0 Å². The minimum absolute atomic E-state index is 0.0231. The van der Waals surface area contributed by atoms with Crippen LogP contribution in [-0.4, -0.2) is 43.6 Å². The third-order valence-corrected chi connectivity index (χ3v) is 4.67. The van der Waals surface area contributed by atoms with Gasteiger partial charge in [-0.25, -0.2) is 22.6 Å². The number of rotatable bonds is 7. The van der Waals surface area contributed by atoms with Crippen molar-refractivity contribution in [1.82, 2.24) is 19.4 Å². The molecule has 0 aliphatic rings. The summed E-state index contributed by atoms with van der Waals surface area (Å²) in [6.07, 6.45) is 2.70. The summed E-state index contributed by atoms with van der Waals surface area (Å²) in [6, 6.07) is 3.90. The molecular formula is C17H19F2N5O4S. The van der Waals surface area contributed by atoms with E-state index < -0.39 is 28.2 Å². The molecule has 29 heavy (non-hydrogen) atoms. The van der Waals surface area contributed by atoms with E-state index in [1.165, 1.54) is 30.3 Å². The SMILES string of the molecule is COCCn1nccc1-c1cc2c(=O)n(NS(C)=O)c(=O)[nH]c2cc1C(C)(F)F. The summed E-state index contributed by atoms with van der Waals surface area (Å²) in [5.41, 5.74) is -1.70. The molecule has 1 aromatic carbocycles. The van der Waals surface area contributed by atoms with Gasteiger partial charge in [0, 0.05) is 37.6 Å². The van der Waals surface area contributed by atoms with E-state index in [0.29, 0.717) is 23.5 Å². The Morgan fingerprint density at radius 2 is 2.07 bits per heavy atom. The molecular weight excluding hydrogens is 408 g/mol. The van der Waals surface area contributed by atoms with Crippen LogP contribution in [0.4, 0.5) is 8.78 Å². The van der Waals surface area contributed by atoms with E-state index in [0.717, 1.165) is 13.0 Å². The van der Waals surface area contributed by atoms with Crippen molar-refractivity contribution in [3.8, 4) is 11.3 Å². The lowest BCUT2D eigenvalue weighted by Crippen LogP contribution is -2.41. The van der Waals surface area contributed by atoms with Gasteiger partial charge in [0.05, 0.1) is 29.7 Å². The number of fused-ring (bicyclic) bond motifs is 1. The summed E-state index contributed by atoms with van der Waals surface area (Å²) in [5.74, 6) is -3.26. The molecule has 3 aromatic rings. The third-order valence-electron chi connectivity index (χ3n) is 4.23. The zero-order valence-corrected chi connectivity index (χ0v) is 16.7. The first kappa shape index (κ1) is 20.9. The fourth-order valence-corrected chi connectivity index (χ4v) is 3.39. The number of hydrogen-bond donors (Lipinski definition) is 2. The predicted octanol–water partition coefficient (Wildman–Crippen LogP) is 1.15. The van der Waals surface area contributed by atoms with Crippen LogP contribution in [0.5, 0.6) is 0 Å². The number of alkyl halides is 2. The molecule has 0 amide bonds. The Labute approximate surface area is 165 Å². The molecule has 0 spiro atoms. The number of halogens is 2. The number of methoxy groups -OCH3 is 1. The minimum Gasteiger partial charge on any atom is -0.383 e. The molecule has 0 bridgehead atoms. The normalized spacial score (nSPS) is 13.0. The Hall–Kier alpha value is -2.86. The molecule has 3 rings (SSSR count). The number of aromatic nitrogens is 4. The van der Waals surface area contributed by atoms with Crippen molar-refractivity contribution in [3.05, 3.63) is 50.8 Å². The van der Waals surface area contributed by atoms with Crippen LogP contribution < -0.4 is 16.1 Å². The van der Waals surface area contributed by atoms with Gasteiger partial charge in [0.2, 0.25) is 0 Å². The van der Waals surface area contributed by atoms with Crippen molar-refractivity contribution in [2.24, 2.45) is 0 Å². The summed E-state index contributed by atoms with van der Waals surface area (Å²) in [6.45, 7) is 1.36. The molecule has 2 N–H and O–H groups in total. The van der Waals surface area contributed by atoms with E-state index in [1.54, 1.807) is 6.07 Å². The van der Waals surface area contributed by atoms with E-state index >= 15 is 0 Å². The Balaban J connectivity index is 2.33. The van der Waals surface area contributed by atoms with Crippen LogP contribution in [0.25, 0.3) is 22.2 Å². The lowest BCUT2D eigenvalue weighted by Gasteiger charge is -2.18. The van der Waals surface area contributed by atoms with Gasteiger partial charge in [-0.3, -0.25) is 9.48 Å². The average molecular weight is 427 g/mol. The molecule has 12 heteroatoms. The average Bonchev–Trinajstić information content (AvgIpc) is 3.10. The lowest BCUT2D eigenvalue weighted by molar-refractivity contribution is 0.0181. The maximum Gasteiger partial charge on any atom is 0.348 e. The Bertz CT molecular complexity index is 1200. The van der Waals surface area contributed by atoms with Crippen LogP contribution in [0.3, 0.4) is 0 Å². The standard InChI is InChI=1S/C17H19F2N5O4S/c1-17(18,19)12-9-13-11(15(25)24(16(26)21-13)22-29(3)27)8-10(12)14-4-5-20-23(14)6-7-28-2/h4-5,8-9,22H,6-7H2,1-3H3,(H,21,26). The molecule has 9 nitrogen and oxygen atoms in total. The van der Waals surface area contributed by atoms with Crippen molar-refractivity contribution < 1.29 is 17.7 Å². The molecule has 2 heterocycles. The first-order valence-corrected chi connectivity index (χ1v) is 10.0. The van der Waals surface area contributed by atoms with Gasteiger partial charge in [0.1, 0.15) is 11.0 Å². The van der Waals surface area contributed by atoms with Gasteiger partial charge in [-0.15, -0.1) is 0 Å². The third kappa shape index (κ3) is 4.12. The number of ether oxygens (including phenoxy) is 1. The molecule has 1 unspecified atom stereocenters. The minimum atomic E-state index is -3.26. The highest BCUT2D eigenvalue weighted by Crippen LogP contribution is 2.37. The second kappa shape index (κ2) is 7.87. The molecule has 0 aliphatic carbocycles. The zero-order chi connectivity index (χ0) is 21.3. The highest BCUT2D eigenvalue weighted by Gasteiger charge is 2.30. The maximum absolute atomic E-state index is 14.4. The van der Waals surface area contributed by atoms with Crippen LogP contribution in [-0.2, 0) is 28.2 Å². The van der Waals surface area contributed by atoms with Gasteiger partial charge in [-0.1, -0.05) is 0 Å². The number of nitrogens with one attached hydrogen (secondary N) is 2.